The van der Waals surface area contributed by atoms with E-state index in [2.05, 4.69) is 6.58 Å². The van der Waals surface area contributed by atoms with Crippen molar-refractivity contribution in [2.75, 3.05) is 0 Å². The van der Waals surface area contributed by atoms with Gasteiger partial charge in [0.2, 0.25) is 0 Å². The van der Waals surface area contributed by atoms with E-state index in [0.29, 0.717) is 6.42 Å². The van der Waals surface area contributed by atoms with Gasteiger partial charge in [-0.15, -0.1) is 6.58 Å². The average molecular weight is 115 g/mol. The van der Waals surface area contributed by atoms with E-state index in [-0.39, 0.29) is 0 Å². The fourth-order valence-electron chi connectivity index (χ4n) is 0.314. The molecule has 0 amide bonds. The minimum Gasteiger partial charge on any atom is -0.426 e. The second-order valence-electron chi connectivity index (χ2n) is 1.60. The molecular formula is C4H10BNO2. The molecule has 0 aromatic rings. The van der Waals surface area contributed by atoms with E-state index in [4.69, 9.17) is 15.8 Å². The van der Waals surface area contributed by atoms with Crippen LogP contribution >= 0.6 is 0 Å². The summed E-state index contributed by atoms with van der Waals surface area (Å²) in [6.07, 6.45) is 1.97. The third-order valence-electron chi connectivity index (χ3n) is 0.822. The van der Waals surface area contributed by atoms with Crippen LogP contribution in [0.25, 0.3) is 0 Å². The Balaban J connectivity index is 3.30. The Labute approximate surface area is 49.0 Å². The van der Waals surface area contributed by atoms with Crippen LogP contribution in [0.2, 0.25) is 0 Å². The highest BCUT2D eigenvalue weighted by Crippen LogP contribution is 1.87. The first kappa shape index (κ1) is 7.68. The van der Waals surface area contributed by atoms with Crippen molar-refractivity contribution in [3.63, 3.8) is 0 Å². The highest BCUT2D eigenvalue weighted by molar-refractivity contribution is 6.43. The Bertz CT molecular complexity index is 76.4. The second kappa shape index (κ2) is 3.66. The predicted octanol–water partition coefficient (Wildman–Crippen LogP) is -1.10. The zero-order chi connectivity index (χ0) is 6.57. The first-order valence-electron chi connectivity index (χ1n) is 2.41. The Hall–Kier alpha value is -0.315. The van der Waals surface area contributed by atoms with E-state index in [1.54, 1.807) is 6.08 Å². The van der Waals surface area contributed by atoms with Crippen molar-refractivity contribution in [3.05, 3.63) is 12.7 Å². The maximum atomic E-state index is 8.33. The second-order valence-corrected chi connectivity index (χ2v) is 1.60. The third-order valence-corrected chi connectivity index (χ3v) is 0.822. The van der Waals surface area contributed by atoms with Crippen LogP contribution in [-0.2, 0) is 0 Å². The van der Waals surface area contributed by atoms with Gasteiger partial charge in [0.15, 0.2) is 0 Å². The molecule has 0 fully saturated rings. The number of nitrogens with two attached hydrogens (primary N) is 1. The van der Waals surface area contributed by atoms with Gasteiger partial charge in [0, 0.05) is 5.94 Å². The van der Waals surface area contributed by atoms with Crippen molar-refractivity contribution in [2.45, 2.75) is 12.4 Å². The molecule has 0 aliphatic rings. The van der Waals surface area contributed by atoms with Crippen molar-refractivity contribution in [3.8, 4) is 0 Å². The van der Waals surface area contributed by atoms with Crippen LogP contribution in [0.1, 0.15) is 6.42 Å². The van der Waals surface area contributed by atoms with Gasteiger partial charge in [-0.3, -0.25) is 0 Å². The molecule has 0 bridgehead atoms. The van der Waals surface area contributed by atoms with Crippen molar-refractivity contribution in [1.82, 2.24) is 0 Å². The lowest BCUT2D eigenvalue weighted by Crippen LogP contribution is -2.38. The summed E-state index contributed by atoms with van der Waals surface area (Å²) in [4.78, 5) is 0. The predicted molar refractivity (Wildman–Crippen MR) is 33.0 cm³/mol. The van der Waals surface area contributed by atoms with Crippen LogP contribution in [0.15, 0.2) is 12.7 Å². The molecule has 4 heteroatoms. The van der Waals surface area contributed by atoms with E-state index in [1.807, 2.05) is 0 Å². The van der Waals surface area contributed by atoms with Crippen LogP contribution in [0, 0.1) is 0 Å². The van der Waals surface area contributed by atoms with Gasteiger partial charge in [-0.2, -0.15) is 0 Å². The molecule has 46 valence electrons. The molecule has 0 aliphatic carbocycles. The van der Waals surface area contributed by atoms with Crippen LogP contribution in [0.3, 0.4) is 0 Å². The van der Waals surface area contributed by atoms with E-state index in [0.717, 1.165) is 0 Å². The fraction of sp³-hybridized carbons (Fsp3) is 0.500. The van der Waals surface area contributed by atoms with E-state index >= 15 is 0 Å². The standard InChI is InChI=1S/C4H10BNO2/c1-2-3-4(6)5(7)8/h2,4,7-8H,1,3,6H2. The zero-order valence-electron chi connectivity index (χ0n) is 4.62. The summed E-state index contributed by atoms with van der Waals surface area (Å²) in [6.45, 7) is 3.38. The van der Waals surface area contributed by atoms with Crippen molar-refractivity contribution >= 4 is 7.12 Å². The summed E-state index contributed by atoms with van der Waals surface area (Å²) in [7, 11) is -1.42. The van der Waals surface area contributed by atoms with Gasteiger partial charge in [0.25, 0.3) is 0 Å². The van der Waals surface area contributed by atoms with Gasteiger partial charge in [-0.05, 0) is 6.42 Å². The highest BCUT2D eigenvalue weighted by Gasteiger charge is 2.15. The molecule has 0 saturated carbocycles. The summed E-state index contributed by atoms with van der Waals surface area (Å²) < 4.78 is 0. The Morgan fingerprint density at radius 2 is 2.25 bits per heavy atom. The topological polar surface area (TPSA) is 66.5 Å². The summed E-state index contributed by atoms with van der Waals surface area (Å²) >= 11 is 0. The first-order chi connectivity index (χ1) is 3.68. The molecule has 1 atom stereocenters. The molecule has 0 aromatic heterocycles. The molecule has 3 nitrogen and oxygen atoms in total. The quantitative estimate of drug-likeness (QED) is 0.323. The van der Waals surface area contributed by atoms with Gasteiger partial charge < -0.3 is 15.8 Å². The van der Waals surface area contributed by atoms with Crippen molar-refractivity contribution < 1.29 is 10.0 Å². The van der Waals surface area contributed by atoms with Crippen LogP contribution in [0.4, 0.5) is 0 Å². The largest absolute Gasteiger partial charge is 0.469 e. The van der Waals surface area contributed by atoms with Gasteiger partial charge in [0.05, 0.1) is 0 Å². The lowest BCUT2D eigenvalue weighted by molar-refractivity contribution is 0.387. The van der Waals surface area contributed by atoms with Gasteiger partial charge in [0.1, 0.15) is 0 Å². The van der Waals surface area contributed by atoms with Crippen LogP contribution in [-0.4, -0.2) is 23.1 Å². The Morgan fingerprint density at radius 1 is 1.75 bits per heavy atom. The van der Waals surface area contributed by atoms with Crippen molar-refractivity contribution in [1.29, 1.82) is 0 Å². The van der Waals surface area contributed by atoms with E-state index < -0.39 is 13.1 Å². The molecular weight excluding hydrogens is 105 g/mol. The Kier molecular flexibility index (Phi) is 3.51. The van der Waals surface area contributed by atoms with Gasteiger partial charge in [-0.25, -0.2) is 0 Å². The highest BCUT2D eigenvalue weighted by atomic mass is 16.4. The number of rotatable bonds is 3. The zero-order valence-corrected chi connectivity index (χ0v) is 4.62. The average Bonchev–Trinajstić information content (AvgIpc) is 1.67. The van der Waals surface area contributed by atoms with Crippen LogP contribution in [0.5, 0.6) is 0 Å². The molecule has 4 N–H and O–H groups in total. The van der Waals surface area contributed by atoms with Gasteiger partial charge in [-0.1, -0.05) is 6.08 Å². The molecule has 0 aliphatic heterocycles. The fourth-order valence-corrected chi connectivity index (χ4v) is 0.314. The number of hydrogen-bond acceptors (Lipinski definition) is 3. The molecule has 0 spiro atoms. The molecule has 1 unspecified atom stereocenters. The normalized spacial score (nSPS) is 12.9. The minimum atomic E-state index is -1.42. The SMILES string of the molecule is C=CCC(N)B(O)O. The summed E-state index contributed by atoms with van der Waals surface area (Å²) in [5.41, 5.74) is 5.16. The summed E-state index contributed by atoms with van der Waals surface area (Å²) in [5, 5.41) is 16.7. The maximum Gasteiger partial charge on any atom is 0.469 e. The Morgan fingerprint density at radius 3 is 2.38 bits per heavy atom. The van der Waals surface area contributed by atoms with E-state index in [9.17, 15) is 0 Å². The third kappa shape index (κ3) is 2.79. The smallest absolute Gasteiger partial charge is 0.426 e. The van der Waals surface area contributed by atoms with Crippen LogP contribution < -0.4 is 5.73 Å². The van der Waals surface area contributed by atoms with Gasteiger partial charge >= 0.3 is 7.12 Å². The maximum absolute atomic E-state index is 8.33. The molecule has 0 rings (SSSR count). The minimum absolute atomic E-state index is 0.428. The summed E-state index contributed by atoms with van der Waals surface area (Å²) in [5.74, 6) is -0.590. The first-order valence-corrected chi connectivity index (χ1v) is 2.41. The monoisotopic (exact) mass is 115 g/mol. The lowest BCUT2D eigenvalue weighted by atomic mass is 9.78. The molecule has 8 heavy (non-hydrogen) atoms. The molecule has 0 radical (unpaired) electrons. The summed E-state index contributed by atoms with van der Waals surface area (Å²) in [6, 6.07) is 0. The lowest BCUT2D eigenvalue weighted by Gasteiger charge is -2.04. The van der Waals surface area contributed by atoms with E-state index in [1.165, 1.54) is 0 Å². The molecule has 0 heterocycles. The molecule has 0 aromatic carbocycles. The number of hydrogen-bond donors (Lipinski definition) is 3. The van der Waals surface area contributed by atoms with Crippen molar-refractivity contribution in [2.24, 2.45) is 5.73 Å². The molecule has 0 saturated heterocycles.